The molecular weight excluding hydrogens is 232 g/mol. The van der Waals surface area contributed by atoms with Crippen molar-refractivity contribution in [1.29, 1.82) is 0 Å². The van der Waals surface area contributed by atoms with Gasteiger partial charge >= 0.3 is 11.9 Å². The lowest BCUT2D eigenvalue weighted by Gasteiger charge is -2.29. The molecule has 3 fully saturated rings. The van der Waals surface area contributed by atoms with Gasteiger partial charge in [-0.25, -0.2) is 0 Å². The highest BCUT2D eigenvalue weighted by atomic mass is 16.6. The Hall–Kier alpha value is -1.06. The normalized spacial score (nSPS) is 41.1. The zero-order valence-corrected chi connectivity index (χ0v) is 11.1. The maximum absolute atomic E-state index is 12.3. The minimum absolute atomic E-state index is 0.0794. The lowest BCUT2D eigenvalue weighted by Crippen LogP contribution is -2.38. The van der Waals surface area contributed by atoms with Crippen LogP contribution in [0.3, 0.4) is 0 Å². The summed E-state index contributed by atoms with van der Waals surface area (Å²) in [7, 11) is 0. The van der Waals surface area contributed by atoms with Crippen molar-refractivity contribution in [1.82, 2.24) is 0 Å². The van der Waals surface area contributed by atoms with Crippen LogP contribution in [-0.4, -0.2) is 23.6 Å². The molecule has 5 unspecified atom stereocenters. The van der Waals surface area contributed by atoms with Crippen molar-refractivity contribution in [3.05, 3.63) is 0 Å². The van der Waals surface area contributed by atoms with Gasteiger partial charge in [-0.3, -0.25) is 9.59 Å². The second-order valence-corrected chi connectivity index (χ2v) is 6.46. The van der Waals surface area contributed by atoms with Crippen molar-refractivity contribution < 1.29 is 19.1 Å². The highest BCUT2D eigenvalue weighted by Gasteiger charge is 2.64. The van der Waals surface area contributed by atoms with Crippen LogP contribution in [0.25, 0.3) is 0 Å². The molecule has 1 heterocycles. The molecule has 0 aromatic carbocycles. The van der Waals surface area contributed by atoms with Crippen molar-refractivity contribution in [2.45, 2.75) is 51.7 Å². The summed E-state index contributed by atoms with van der Waals surface area (Å²) in [4.78, 5) is 24.1. The molecule has 0 radical (unpaired) electrons. The van der Waals surface area contributed by atoms with Crippen molar-refractivity contribution in [2.75, 3.05) is 0 Å². The van der Waals surface area contributed by atoms with Crippen LogP contribution in [0, 0.1) is 23.7 Å². The van der Waals surface area contributed by atoms with E-state index in [1.165, 1.54) is 0 Å². The van der Waals surface area contributed by atoms with Crippen LogP contribution in [-0.2, 0) is 19.1 Å². The van der Waals surface area contributed by atoms with Crippen LogP contribution in [0.2, 0.25) is 0 Å². The van der Waals surface area contributed by atoms with E-state index >= 15 is 0 Å². The number of carbonyl (C=O) groups is 2. The fourth-order valence-electron chi connectivity index (χ4n) is 3.74. The third-order valence-electron chi connectivity index (χ3n) is 4.98. The molecule has 3 aliphatic rings. The van der Waals surface area contributed by atoms with E-state index in [0.29, 0.717) is 0 Å². The SMILES string of the molecule is CCC(C)(C)OC(=O)C1C2CC3OC(=O)C1C3C2. The second kappa shape index (κ2) is 3.72. The van der Waals surface area contributed by atoms with E-state index in [1.54, 1.807) is 0 Å². The van der Waals surface area contributed by atoms with Crippen LogP contribution in [0.4, 0.5) is 0 Å². The Balaban J connectivity index is 1.77. The number of rotatable bonds is 3. The molecule has 0 N–H and O–H groups in total. The first kappa shape index (κ1) is 12.0. The fraction of sp³-hybridized carbons (Fsp3) is 0.857. The molecule has 5 atom stereocenters. The summed E-state index contributed by atoms with van der Waals surface area (Å²) in [5, 5.41) is 0. The van der Waals surface area contributed by atoms with Gasteiger partial charge < -0.3 is 9.47 Å². The number of hydrogen-bond acceptors (Lipinski definition) is 4. The quantitative estimate of drug-likeness (QED) is 0.720. The molecule has 2 bridgehead atoms. The summed E-state index contributed by atoms with van der Waals surface area (Å²) in [6, 6.07) is 0. The molecule has 18 heavy (non-hydrogen) atoms. The number of carbonyl (C=O) groups excluding carboxylic acids is 2. The Bertz CT molecular complexity index is 399. The Labute approximate surface area is 107 Å². The van der Waals surface area contributed by atoms with Crippen LogP contribution in [0.5, 0.6) is 0 Å². The van der Waals surface area contributed by atoms with Gasteiger partial charge in [0.15, 0.2) is 0 Å². The smallest absolute Gasteiger partial charge is 0.310 e. The first-order chi connectivity index (χ1) is 8.43. The van der Waals surface area contributed by atoms with Gasteiger partial charge in [0.1, 0.15) is 11.7 Å². The predicted molar refractivity (Wildman–Crippen MR) is 63.5 cm³/mol. The molecule has 100 valence electrons. The van der Waals surface area contributed by atoms with E-state index in [-0.39, 0.29) is 41.7 Å². The van der Waals surface area contributed by atoms with E-state index in [1.807, 2.05) is 20.8 Å². The summed E-state index contributed by atoms with van der Waals surface area (Å²) in [5.74, 6) is -0.305. The molecule has 0 amide bonds. The molecule has 4 nitrogen and oxygen atoms in total. The Kier molecular flexibility index (Phi) is 2.48. The molecule has 2 aliphatic carbocycles. The number of esters is 2. The first-order valence-electron chi connectivity index (χ1n) is 6.86. The van der Waals surface area contributed by atoms with Crippen molar-refractivity contribution >= 4 is 11.9 Å². The molecule has 4 heteroatoms. The topological polar surface area (TPSA) is 52.6 Å². The summed E-state index contributed by atoms with van der Waals surface area (Å²) in [6.07, 6.45) is 2.65. The highest BCUT2D eigenvalue weighted by Crippen LogP contribution is 2.58. The summed E-state index contributed by atoms with van der Waals surface area (Å²) in [5.41, 5.74) is -0.444. The molecule has 0 spiro atoms. The third kappa shape index (κ3) is 1.57. The van der Waals surface area contributed by atoms with E-state index in [9.17, 15) is 9.59 Å². The first-order valence-corrected chi connectivity index (χ1v) is 6.86. The van der Waals surface area contributed by atoms with Crippen LogP contribution in [0.15, 0.2) is 0 Å². The van der Waals surface area contributed by atoms with Crippen LogP contribution >= 0.6 is 0 Å². The van der Waals surface area contributed by atoms with Gasteiger partial charge in [0.2, 0.25) is 0 Å². The molecule has 1 aliphatic heterocycles. The van der Waals surface area contributed by atoms with Gasteiger partial charge in [0, 0.05) is 5.92 Å². The highest BCUT2D eigenvalue weighted by molar-refractivity contribution is 5.85. The van der Waals surface area contributed by atoms with Gasteiger partial charge in [-0.1, -0.05) is 6.92 Å². The monoisotopic (exact) mass is 252 g/mol. The Morgan fingerprint density at radius 2 is 2.17 bits per heavy atom. The predicted octanol–water partition coefficient (Wildman–Crippen LogP) is 1.92. The fourth-order valence-corrected chi connectivity index (χ4v) is 3.74. The molecule has 1 saturated heterocycles. The Morgan fingerprint density at radius 3 is 2.83 bits per heavy atom. The standard InChI is InChI=1S/C14H20O4/c1-4-14(2,3)18-13(16)10-7-5-8-9(6-7)17-12(15)11(8)10/h7-11H,4-6H2,1-3H3. The van der Waals surface area contributed by atoms with Crippen LogP contribution < -0.4 is 0 Å². The molecule has 0 aromatic rings. The summed E-state index contributed by atoms with van der Waals surface area (Å²) < 4.78 is 10.9. The minimum Gasteiger partial charge on any atom is -0.462 e. The van der Waals surface area contributed by atoms with Crippen LogP contribution in [0.1, 0.15) is 40.0 Å². The minimum atomic E-state index is -0.444. The summed E-state index contributed by atoms with van der Waals surface area (Å²) >= 11 is 0. The zero-order valence-electron chi connectivity index (χ0n) is 11.1. The van der Waals surface area contributed by atoms with Gasteiger partial charge in [0.05, 0.1) is 11.8 Å². The van der Waals surface area contributed by atoms with E-state index in [0.717, 1.165) is 19.3 Å². The zero-order chi connectivity index (χ0) is 13.1. The number of ether oxygens (including phenoxy) is 2. The van der Waals surface area contributed by atoms with Crippen molar-refractivity contribution in [2.24, 2.45) is 23.7 Å². The second-order valence-electron chi connectivity index (χ2n) is 6.46. The van der Waals surface area contributed by atoms with E-state index in [4.69, 9.17) is 9.47 Å². The van der Waals surface area contributed by atoms with Gasteiger partial charge in [-0.15, -0.1) is 0 Å². The molecule has 3 rings (SSSR count). The van der Waals surface area contributed by atoms with Crippen molar-refractivity contribution in [3.8, 4) is 0 Å². The number of fused-ring (bicyclic) bond motifs is 1. The lowest BCUT2D eigenvalue weighted by molar-refractivity contribution is -0.167. The Morgan fingerprint density at radius 1 is 1.44 bits per heavy atom. The molecule has 2 saturated carbocycles. The van der Waals surface area contributed by atoms with Gasteiger partial charge in [-0.2, -0.15) is 0 Å². The number of hydrogen-bond donors (Lipinski definition) is 0. The maximum atomic E-state index is 12.3. The largest absolute Gasteiger partial charge is 0.462 e. The molecular formula is C14H20O4. The third-order valence-corrected chi connectivity index (χ3v) is 4.98. The van der Waals surface area contributed by atoms with Gasteiger partial charge in [0.25, 0.3) is 0 Å². The van der Waals surface area contributed by atoms with Crippen molar-refractivity contribution in [3.63, 3.8) is 0 Å². The maximum Gasteiger partial charge on any atom is 0.310 e. The average Bonchev–Trinajstić information content (AvgIpc) is 2.88. The van der Waals surface area contributed by atoms with E-state index < -0.39 is 5.60 Å². The average molecular weight is 252 g/mol. The van der Waals surface area contributed by atoms with Gasteiger partial charge in [-0.05, 0) is 39.0 Å². The van der Waals surface area contributed by atoms with E-state index in [2.05, 4.69) is 0 Å². The lowest BCUT2D eigenvalue weighted by atomic mass is 9.80. The molecule has 0 aromatic heterocycles. The summed E-state index contributed by atoms with van der Waals surface area (Å²) in [6.45, 7) is 5.82.